The van der Waals surface area contributed by atoms with Gasteiger partial charge in [-0.05, 0) is 26.3 Å². The van der Waals surface area contributed by atoms with Crippen LogP contribution in [0.2, 0.25) is 0 Å². The summed E-state index contributed by atoms with van der Waals surface area (Å²) in [6, 6.07) is 0. The molecule has 3 nitrogen and oxygen atoms in total. The number of likely N-dealkylation sites (tertiary alicyclic amines) is 1. The minimum absolute atomic E-state index is 0.0891. The maximum absolute atomic E-state index is 11.1. The Hall–Kier alpha value is -0.220. The monoisotopic (exact) mass is 217 g/mol. The van der Waals surface area contributed by atoms with Gasteiger partial charge < -0.3 is 9.64 Å². The summed E-state index contributed by atoms with van der Waals surface area (Å²) in [4.78, 5) is 13.4. The van der Waals surface area contributed by atoms with Crippen LogP contribution in [0, 0.1) is 0 Å². The summed E-state index contributed by atoms with van der Waals surface area (Å²) in [6.45, 7) is 5.23. The van der Waals surface area contributed by atoms with Crippen LogP contribution in [0.15, 0.2) is 0 Å². The maximum atomic E-state index is 11.1. The van der Waals surface area contributed by atoms with E-state index in [9.17, 15) is 4.79 Å². The molecule has 0 unspecified atom stereocenters. The van der Waals surface area contributed by atoms with E-state index in [4.69, 9.17) is 4.74 Å². The van der Waals surface area contributed by atoms with E-state index in [0.717, 1.165) is 19.6 Å². The molecule has 1 heterocycles. The molecular formula is C10H19NO2S. The third-order valence-electron chi connectivity index (χ3n) is 2.42. The van der Waals surface area contributed by atoms with Crippen molar-refractivity contribution in [2.24, 2.45) is 0 Å². The molecule has 1 aliphatic heterocycles. The fourth-order valence-corrected chi connectivity index (χ4v) is 2.13. The average Bonchev–Trinajstić information content (AvgIpc) is 2.15. The van der Waals surface area contributed by atoms with Crippen molar-refractivity contribution in [3.8, 4) is 0 Å². The van der Waals surface area contributed by atoms with E-state index in [1.165, 1.54) is 12.8 Å². The second kappa shape index (κ2) is 6.30. The Morgan fingerprint density at radius 3 is 3.07 bits per heavy atom. The van der Waals surface area contributed by atoms with Crippen molar-refractivity contribution < 1.29 is 9.53 Å². The first kappa shape index (κ1) is 11.9. The third-order valence-corrected chi connectivity index (χ3v) is 2.84. The van der Waals surface area contributed by atoms with Crippen molar-refractivity contribution in [1.29, 1.82) is 0 Å². The minimum Gasteiger partial charge on any atom is -0.466 e. The van der Waals surface area contributed by atoms with Crippen LogP contribution in [0.1, 0.15) is 26.2 Å². The highest BCUT2D eigenvalue weighted by Crippen LogP contribution is 2.14. The van der Waals surface area contributed by atoms with E-state index in [2.05, 4.69) is 17.5 Å². The Balaban J connectivity index is 2.14. The lowest BCUT2D eigenvalue weighted by Gasteiger charge is -2.29. The van der Waals surface area contributed by atoms with Crippen molar-refractivity contribution in [1.82, 2.24) is 4.90 Å². The van der Waals surface area contributed by atoms with Crippen LogP contribution in [0.25, 0.3) is 0 Å². The van der Waals surface area contributed by atoms with Gasteiger partial charge in [0.1, 0.15) is 0 Å². The summed E-state index contributed by atoms with van der Waals surface area (Å²) in [5.41, 5.74) is 0. The van der Waals surface area contributed by atoms with Gasteiger partial charge in [0.05, 0.1) is 13.0 Å². The summed E-state index contributed by atoms with van der Waals surface area (Å²) < 4.78 is 4.88. The lowest BCUT2D eigenvalue weighted by atomic mass is 10.1. The summed E-state index contributed by atoms with van der Waals surface area (Å²) in [5.74, 6) is -0.0891. The summed E-state index contributed by atoms with van der Waals surface area (Å²) in [5, 5.41) is 0.478. The Morgan fingerprint density at radius 1 is 1.64 bits per heavy atom. The molecule has 0 bridgehead atoms. The summed E-state index contributed by atoms with van der Waals surface area (Å²) in [7, 11) is 0. The molecule has 14 heavy (non-hydrogen) atoms. The van der Waals surface area contributed by atoms with E-state index in [1.807, 2.05) is 6.92 Å². The largest absolute Gasteiger partial charge is 0.466 e. The molecule has 0 aromatic heterocycles. The van der Waals surface area contributed by atoms with Gasteiger partial charge in [0.15, 0.2) is 0 Å². The molecule has 1 rings (SSSR count). The average molecular weight is 217 g/mol. The van der Waals surface area contributed by atoms with Crippen molar-refractivity contribution in [2.75, 3.05) is 26.2 Å². The van der Waals surface area contributed by atoms with Crippen LogP contribution in [-0.2, 0) is 9.53 Å². The lowest BCUT2D eigenvalue weighted by Crippen LogP contribution is -2.37. The predicted octanol–water partition coefficient (Wildman–Crippen LogP) is 1.33. The molecule has 0 radical (unpaired) electrons. The molecule has 82 valence electrons. The molecule has 0 N–H and O–H groups in total. The van der Waals surface area contributed by atoms with Gasteiger partial charge in [-0.25, -0.2) is 0 Å². The van der Waals surface area contributed by atoms with Crippen LogP contribution in [0.5, 0.6) is 0 Å². The SMILES string of the molecule is CCOC(=O)CCN1CCC[C@@H](S)C1. The van der Waals surface area contributed by atoms with Gasteiger partial charge in [0, 0.05) is 18.3 Å². The zero-order chi connectivity index (χ0) is 10.4. The second-order valence-corrected chi connectivity index (χ2v) is 4.38. The molecule has 0 aliphatic carbocycles. The number of carbonyl (C=O) groups excluding carboxylic acids is 1. The zero-order valence-electron chi connectivity index (χ0n) is 8.74. The van der Waals surface area contributed by atoms with Crippen molar-refractivity contribution >= 4 is 18.6 Å². The van der Waals surface area contributed by atoms with Gasteiger partial charge in [-0.1, -0.05) is 0 Å². The van der Waals surface area contributed by atoms with Gasteiger partial charge in [-0.2, -0.15) is 12.6 Å². The van der Waals surface area contributed by atoms with E-state index >= 15 is 0 Å². The first-order valence-electron chi connectivity index (χ1n) is 5.28. The molecule has 1 aliphatic rings. The van der Waals surface area contributed by atoms with Crippen LogP contribution in [0.4, 0.5) is 0 Å². The molecule has 0 spiro atoms. The van der Waals surface area contributed by atoms with Crippen LogP contribution < -0.4 is 0 Å². The molecule has 1 saturated heterocycles. The van der Waals surface area contributed by atoms with Gasteiger partial charge in [-0.15, -0.1) is 0 Å². The van der Waals surface area contributed by atoms with Crippen LogP contribution in [-0.4, -0.2) is 42.4 Å². The number of hydrogen-bond acceptors (Lipinski definition) is 4. The van der Waals surface area contributed by atoms with E-state index < -0.39 is 0 Å². The van der Waals surface area contributed by atoms with Crippen molar-refractivity contribution in [3.05, 3.63) is 0 Å². The fourth-order valence-electron chi connectivity index (χ4n) is 1.72. The van der Waals surface area contributed by atoms with E-state index in [-0.39, 0.29) is 5.97 Å². The molecule has 0 aromatic carbocycles. The fraction of sp³-hybridized carbons (Fsp3) is 0.900. The molecule has 0 aromatic rings. The molecule has 1 fully saturated rings. The number of carbonyl (C=O) groups is 1. The molecule has 0 amide bonds. The molecule has 0 saturated carbocycles. The van der Waals surface area contributed by atoms with Crippen LogP contribution in [0.3, 0.4) is 0 Å². The van der Waals surface area contributed by atoms with Gasteiger partial charge >= 0.3 is 5.97 Å². The first-order valence-corrected chi connectivity index (χ1v) is 5.80. The number of piperidine rings is 1. The standard InChI is InChI=1S/C10H19NO2S/c1-2-13-10(12)5-7-11-6-3-4-9(14)8-11/h9,14H,2-8H2,1H3/t9-/m1/s1. The minimum atomic E-state index is -0.0891. The third kappa shape index (κ3) is 4.33. The number of rotatable bonds is 4. The second-order valence-electron chi connectivity index (χ2n) is 3.65. The Bertz CT molecular complexity index is 187. The van der Waals surface area contributed by atoms with Gasteiger partial charge in [0.2, 0.25) is 0 Å². The molecule has 1 atom stereocenters. The van der Waals surface area contributed by atoms with Gasteiger partial charge in [-0.3, -0.25) is 4.79 Å². The Labute approximate surface area is 91.2 Å². The first-order chi connectivity index (χ1) is 6.72. The predicted molar refractivity (Wildman–Crippen MR) is 59.7 cm³/mol. The number of nitrogens with zero attached hydrogens (tertiary/aromatic N) is 1. The highest BCUT2D eigenvalue weighted by Gasteiger charge is 2.17. The topological polar surface area (TPSA) is 29.5 Å². The smallest absolute Gasteiger partial charge is 0.307 e. The number of thiol groups is 1. The number of esters is 1. The summed E-state index contributed by atoms with van der Waals surface area (Å²) in [6.07, 6.45) is 2.89. The normalized spacial score (nSPS) is 23.4. The van der Waals surface area contributed by atoms with E-state index in [1.54, 1.807) is 0 Å². The lowest BCUT2D eigenvalue weighted by molar-refractivity contribution is -0.143. The Morgan fingerprint density at radius 2 is 2.43 bits per heavy atom. The quantitative estimate of drug-likeness (QED) is 0.569. The highest BCUT2D eigenvalue weighted by molar-refractivity contribution is 7.81. The van der Waals surface area contributed by atoms with E-state index in [0.29, 0.717) is 18.3 Å². The zero-order valence-corrected chi connectivity index (χ0v) is 9.63. The molecule has 4 heteroatoms. The molecular weight excluding hydrogens is 198 g/mol. The Kier molecular flexibility index (Phi) is 5.33. The van der Waals surface area contributed by atoms with Crippen LogP contribution >= 0.6 is 12.6 Å². The summed E-state index contributed by atoms with van der Waals surface area (Å²) >= 11 is 4.45. The highest BCUT2D eigenvalue weighted by atomic mass is 32.1. The van der Waals surface area contributed by atoms with Gasteiger partial charge in [0.25, 0.3) is 0 Å². The van der Waals surface area contributed by atoms with Crippen molar-refractivity contribution in [2.45, 2.75) is 31.4 Å². The number of ether oxygens (including phenoxy) is 1. The maximum Gasteiger partial charge on any atom is 0.307 e. The number of hydrogen-bond donors (Lipinski definition) is 1. The van der Waals surface area contributed by atoms with Crippen molar-refractivity contribution in [3.63, 3.8) is 0 Å².